The van der Waals surface area contributed by atoms with Gasteiger partial charge in [0.1, 0.15) is 0 Å². The van der Waals surface area contributed by atoms with Crippen LogP contribution in [0.4, 0.5) is 17.1 Å². The van der Waals surface area contributed by atoms with Crippen molar-refractivity contribution in [3.8, 4) is 0 Å². The highest BCUT2D eigenvalue weighted by molar-refractivity contribution is 9.11. The Morgan fingerprint density at radius 3 is 2.71 bits per heavy atom. The maximum atomic E-state index is 11.8. The van der Waals surface area contributed by atoms with Crippen molar-refractivity contribution in [1.29, 1.82) is 0 Å². The van der Waals surface area contributed by atoms with Gasteiger partial charge in [-0.3, -0.25) is 0 Å². The molecule has 0 aliphatic carbocycles. The molecule has 4 nitrogen and oxygen atoms in total. The van der Waals surface area contributed by atoms with E-state index in [-0.39, 0.29) is 0 Å². The van der Waals surface area contributed by atoms with E-state index in [1.54, 1.807) is 19.1 Å². The molecule has 0 aliphatic rings. The second kappa shape index (κ2) is 6.95. The number of hydrogen-bond acceptors (Lipinski definition) is 4. The van der Waals surface area contributed by atoms with E-state index in [9.17, 15) is 4.79 Å². The average molecular weight is 414 g/mol. The van der Waals surface area contributed by atoms with E-state index < -0.39 is 5.97 Å². The number of esters is 1. The summed E-state index contributed by atoms with van der Waals surface area (Å²) in [6, 6.07) is 11.0. The minimum absolute atomic E-state index is 0.313. The largest absolute Gasteiger partial charge is 0.462 e. The molecule has 0 aromatic heterocycles. The Labute approximate surface area is 139 Å². The standard InChI is InChI=1S/C15H14Br2N2O2/c1-2-21-15(20)11-8-10(4-6-13(11)18)19-14-7-9(16)3-5-12(14)17/h3-8,19H,2,18H2,1H3. The number of carbonyl (C=O) groups excluding carboxylic acids is 1. The number of halogens is 2. The lowest BCUT2D eigenvalue weighted by Crippen LogP contribution is -2.08. The van der Waals surface area contributed by atoms with Crippen LogP contribution in [0.25, 0.3) is 0 Å². The predicted molar refractivity (Wildman–Crippen MR) is 91.9 cm³/mol. The number of rotatable bonds is 4. The van der Waals surface area contributed by atoms with Crippen LogP contribution in [0.2, 0.25) is 0 Å². The lowest BCUT2D eigenvalue weighted by atomic mass is 10.1. The van der Waals surface area contributed by atoms with E-state index in [2.05, 4.69) is 37.2 Å². The lowest BCUT2D eigenvalue weighted by Gasteiger charge is -2.12. The average Bonchev–Trinajstić information content (AvgIpc) is 2.45. The number of carbonyl (C=O) groups is 1. The fourth-order valence-corrected chi connectivity index (χ4v) is 2.48. The smallest absolute Gasteiger partial charge is 0.340 e. The molecule has 0 fully saturated rings. The summed E-state index contributed by atoms with van der Waals surface area (Å²) in [5, 5.41) is 3.24. The number of benzene rings is 2. The minimum Gasteiger partial charge on any atom is -0.462 e. The summed E-state index contributed by atoms with van der Waals surface area (Å²) in [4.78, 5) is 11.8. The number of nitrogens with one attached hydrogen (secondary N) is 1. The van der Waals surface area contributed by atoms with E-state index in [0.29, 0.717) is 17.9 Å². The fraction of sp³-hybridized carbons (Fsp3) is 0.133. The topological polar surface area (TPSA) is 64.3 Å². The first kappa shape index (κ1) is 15.9. The number of nitrogens with two attached hydrogens (primary N) is 1. The Kier molecular flexibility index (Phi) is 5.25. The molecule has 6 heteroatoms. The second-order valence-corrected chi connectivity index (χ2v) is 6.04. The van der Waals surface area contributed by atoms with Crippen LogP contribution in [0.5, 0.6) is 0 Å². The van der Waals surface area contributed by atoms with Crippen LogP contribution in [0.15, 0.2) is 45.3 Å². The molecule has 0 aliphatic heterocycles. The van der Waals surface area contributed by atoms with Crippen LogP contribution in [0, 0.1) is 0 Å². The van der Waals surface area contributed by atoms with Crippen LogP contribution in [0.3, 0.4) is 0 Å². The van der Waals surface area contributed by atoms with Gasteiger partial charge in [-0.25, -0.2) is 4.79 Å². The summed E-state index contributed by atoms with van der Waals surface area (Å²) < 4.78 is 6.86. The first-order valence-electron chi connectivity index (χ1n) is 6.30. The third kappa shape index (κ3) is 3.98. The Morgan fingerprint density at radius 2 is 2.00 bits per heavy atom. The Hall–Kier alpha value is -1.53. The molecule has 3 N–H and O–H groups in total. The van der Waals surface area contributed by atoms with E-state index in [1.807, 2.05) is 24.3 Å². The summed E-state index contributed by atoms with van der Waals surface area (Å²) in [6.45, 7) is 2.07. The number of nitrogen functional groups attached to an aromatic ring is 1. The van der Waals surface area contributed by atoms with Crippen molar-refractivity contribution in [3.63, 3.8) is 0 Å². The van der Waals surface area contributed by atoms with Crippen molar-refractivity contribution in [3.05, 3.63) is 50.9 Å². The first-order chi connectivity index (χ1) is 10.0. The Bertz CT molecular complexity index is 675. The SMILES string of the molecule is CCOC(=O)c1cc(Nc2cc(Br)ccc2Br)ccc1N. The number of anilines is 3. The van der Waals surface area contributed by atoms with Gasteiger partial charge in [0, 0.05) is 20.3 Å². The highest BCUT2D eigenvalue weighted by Gasteiger charge is 2.12. The second-order valence-electron chi connectivity index (χ2n) is 4.27. The molecule has 2 aromatic carbocycles. The quantitative estimate of drug-likeness (QED) is 0.562. The summed E-state index contributed by atoms with van der Waals surface area (Å²) in [6.07, 6.45) is 0. The van der Waals surface area contributed by atoms with E-state index in [1.165, 1.54) is 0 Å². The molecule has 0 heterocycles. The van der Waals surface area contributed by atoms with Gasteiger partial charge in [0.25, 0.3) is 0 Å². The third-order valence-corrected chi connectivity index (χ3v) is 3.94. The highest BCUT2D eigenvalue weighted by atomic mass is 79.9. The zero-order valence-corrected chi connectivity index (χ0v) is 14.5. The Morgan fingerprint density at radius 1 is 1.24 bits per heavy atom. The van der Waals surface area contributed by atoms with Gasteiger partial charge in [-0.1, -0.05) is 15.9 Å². The van der Waals surface area contributed by atoms with E-state index >= 15 is 0 Å². The number of ether oxygens (including phenoxy) is 1. The van der Waals surface area contributed by atoms with Crippen molar-refractivity contribution in [2.24, 2.45) is 0 Å². The molecule has 2 rings (SSSR count). The Balaban J connectivity index is 2.31. The van der Waals surface area contributed by atoms with Gasteiger partial charge >= 0.3 is 5.97 Å². The van der Waals surface area contributed by atoms with E-state index in [4.69, 9.17) is 10.5 Å². The van der Waals surface area contributed by atoms with Crippen LogP contribution >= 0.6 is 31.9 Å². The molecule has 0 spiro atoms. The molecule has 0 unspecified atom stereocenters. The summed E-state index contributed by atoms with van der Waals surface area (Å²) in [5.41, 5.74) is 8.21. The third-order valence-electron chi connectivity index (χ3n) is 2.76. The van der Waals surface area contributed by atoms with E-state index in [0.717, 1.165) is 20.3 Å². The monoisotopic (exact) mass is 412 g/mol. The van der Waals surface area contributed by atoms with Gasteiger partial charge < -0.3 is 15.8 Å². The maximum Gasteiger partial charge on any atom is 0.340 e. The van der Waals surface area contributed by atoms with Gasteiger partial charge in [-0.05, 0) is 59.3 Å². The number of hydrogen-bond donors (Lipinski definition) is 2. The van der Waals surface area contributed by atoms with Crippen molar-refractivity contribution in [1.82, 2.24) is 0 Å². The zero-order valence-electron chi connectivity index (χ0n) is 11.3. The van der Waals surface area contributed by atoms with Crippen LogP contribution in [-0.4, -0.2) is 12.6 Å². The van der Waals surface area contributed by atoms with Crippen molar-refractivity contribution >= 4 is 54.9 Å². The first-order valence-corrected chi connectivity index (χ1v) is 7.88. The normalized spacial score (nSPS) is 10.2. The molecule has 110 valence electrons. The maximum absolute atomic E-state index is 11.8. The molecule has 0 saturated carbocycles. The lowest BCUT2D eigenvalue weighted by molar-refractivity contribution is 0.0527. The fourth-order valence-electron chi connectivity index (χ4n) is 1.77. The van der Waals surface area contributed by atoms with Gasteiger partial charge in [-0.2, -0.15) is 0 Å². The van der Waals surface area contributed by atoms with Gasteiger partial charge in [0.2, 0.25) is 0 Å². The van der Waals surface area contributed by atoms with Crippen LogP contribution < -0.4 is 11.1 Å². The van der Waals surface area contributed by atoms with Crippen molar-refractivity contribution < 1.29 is 9.53 Å². The minimum atomic E-state index is -0.424. The molecule has 0 bridgehead atoms. The van der Waals surface area contributed by atoms with Gasteiger partial charge in [0.15, 0.2) is 0 Å². The van der Waals surface area contributed by atoms with Crippen molar-refractivity contribution in [2.45, 2.75) is 6.92 Å². The van der Waals surface area contributed by atoms with Gasteiger partial charge in [-0.15, -0.1) is 0 Å². The zero-order chi connectivity index (χ0) is 15.4. The van der Waals surface area contributed by atoms with Crippen LogP contribution in [-0.2, 0) is 4.74 Å². The van der Waals surface area contributed by atoms with Gasteiger partial charge in [0.05, 0.1) is 17.9 Å². The van der Waals surface area contributed by atoms with Crippen molar-refractivity contribution in [2.75, 3.05) is 17.7 Å². The molecule has 2 aromatic rings. The molecule has 0 amide bonds. The molecule has 0 saturated heterocycles. The predicted octanol–water partition coefficient (Wildman–Crippen LogP) is 4.71. The molecule has 21 heavy (non-hydrogen) atoms. The highest BCUT2D eigenvalue weighted by Crippen LogP contribution is 2.30. The summed E-state index contributed by atoms with van der Waals surface area (Å²) in [7, 11) is 0. The summed E-state index contributed by atoms with van der Waals surface area (Å²) >= 11 is 6.90. The molecule has 0 radical (unpaired) electrons. The molecule has 0 atom stereocenters. The molecular formula is C15H14Br2N2O2. The summed E-state index contributed by atoms with van der Waals surface area (Å²) in [5.74, 6) is -0.424. The molecular weight excluding hydrogens is 400 g/mol. The van der Waals surface area contributed by atoms with Crippen LogP contribution in [0.1, 0.15) is 17.3 Å².